The number of nitrogens with two attached hydrogens (primary N) is 1. The fourth-order valence-electron chi connectivity index (χ4n) is 3.09. The van der Waals surface area contributed by atoms with E-state index in [-0.39, 0.29) is 30.5 Å². The number of ether oxygens (including phenoxy) is 1. The molecular weight excluding hydrogens is 356 g/mol. The average Bonchev–Trinajstić information content (AvgIpc) is 3.30. The predicted octanol–water partition coefficient (Wildman–Crippen LogP) is 2.63. The van der Waals surface area contributed by atoms with Gasteiger partial charge in [0.2, 0.25) is 11.7 Å². The minimum absolute atomic E-state index is 0. The minimum Gasteiger partial charge on any atom is -0.485 e. The second-order valence-corrected chi connectivity index (χ2v) is 6.42. The van der Waals surface area contributed by atoms with Crippen molar-refractivity contribution >= 4 is 18.3 Å². The van der Waals surface area contributed by atoms with Crippen LogP contribution in [-0.2, 0) is 13.0 Å². The molecule has 0 saturated heterocycles. The first-order chi connectivity index (χ1) is 12.1. The number of carbonyl (C=O) groups is 1. The molecule has 0 radical (unpaired) electrons. The minimum atomic E-state index is -0.248. The van der Waals surface area contributed by atoms with Crippen LogP contribution in [0.2, 0.25) is 0 Å². The standard InChI is InChI=1S/C18H24N4O3.ClH/c1-2-16-20-15(22-25-16)11-24-14-7-5-13(6-8-14)17(23)21-18(12-19)9-3-4-10-18;/h5-8H,2-4,9-12,19H2,1H3,(H,21,23);1H. The van der Waals surface area contributed by atoms with Crippen LogP contribution in [0.5, 0.6) is 5.75 Å². The summed E-state index contributed by atoms with van der Waals surface area (Å²) in [5.74, 6) is 1.65. The average molecular weight is 381 g/mol. The lowest BCUT2D eigenvalue weighted by atomic mass is 9.97. The Labute approximate surface area is 159 Å². The summed E-state index contributed by atoms with van der Waals surface area (Å²) in [7, 11) is 0. The summed E-state index contributed by atoms with van der Waals surface area (Å²) in [6.07, 6.45) is 4.81. The Kier molecular flexibility index (Phi) is 6.99. The van der Waals surface area contributed by atoms with Crippen LogP contribution in [0, 0.1) is 0 Å². The van der Waals surface area contributed by atoms with Gasteiger partial charge in [0.05, 0.1) is 5.54 Å². The summed E-state index contributed by atoms with van der Waals surface area (Å²) in [5.41, 5.74) is 6.22. The first-order valence-electron chi connectivity index (χ1n) is 8.71. The molecule has 1 aliphatic carbocycles. The topological polar surface area (TPSA) is 103 Å². The van der Waals surface area contributed by atoms with E-state index in [4.69, 9.17) is 15.0 Å². The van der Waals surface area contributed by atoms with Crippen molar-refractivity contribution in [3.05, 3.63) is 41.5 Å². The van der Waals surface area contributed by atoms with Gasteiger partial charge in [0.15, 0.2) is 6.61 Å². The van der Waals surface area contributed by atoms with Crippen molar-refractivity contribution in [3.63, 3.8) is 0 Å². The summed E-state index contributed by atoms with van der Waals surface area (Å²) in [5, 5.41) is 6.94. The van der Waals surface area contributed by atoms with Gasteiger partial charge in [-0.3, -0.25) is 4.79 Å². The number of halogens is 1. The Morgan fingerprint density at radius 2 is 2.00 bits per heavy atom. The van der Waals surface area contributed by atoms with Crippen molar-refractivity contribution in [1.29, 1.82) is 0 Å². The third-order valence-corrected chi connectivity index (χ3v) is 4.63. The predicted molar refractivity (Wildman–Crippen MR) is 99.4 cm³/mol. The van der Waals surface area contributed by atoms with Crippen molar-refractivity contribution in [2.24, 2.45) is 5.73 Å². The van der Waals surface area contributed by atoms with E-state index >= 15 is 0 Å². The van der Waals surface area contributed by atoms with Gasteiger partial charge in [-0.2, -0.15) is 4.98 Å². The zero-order valence-corrected chi connectivity index (χ0v) is 15.7. The number of aryl methyl sites for hydroxylation is 1. The Morgan fingerprint density at radius 1 is 1.31 bits per heavy atom. The van der Waals surface area contributed by atoms with E-state index in [1.165, 1.54) is 0 Å². The molecule has 1 fully saturated rings. The summed E-state index contributed by atoms with van der Waals surface area (Å²) in [6, 6.07) is 7.02. The zero-order chi connectivity index (χ0) is 17.7. The number of nitrogens with zero attached hydrogens (tertiary/aromatic N) is 2. The maximum absolute atomic E-state index is 12.5. The van der Waals surface area contributed by atoms with Crippen LogP contribution in [-0.4, -0.2) is 28.1 Å². The number of carbonyl (C=O) groups excluding carboxylic acids is 1. The quantitative estimate of drug-likeness (QED) is 0.765. The first kappa shape index (κ1) is 20.2. The molecule has 3 N–H and O–H groups in total. The molecule has 1 aromatic heterocycles. The lowest BCUT2D eigenvalue weighted by molar-refractivity contribution is 0.0903. The van der Waals surface area contributed by atoms with E-state index in [1.807, 2.05) is 6.92 Å². The Morgan fingerprint density at radius 3 is 2.58 bits per heavy atom. The monoisotopic (exact) mass is 380 g/mol. The van der Waals surface area contributed by atoms with Crippen LogP contribution in [0.15, 0.2) is 28.8 Å². The molecule has 1 saturated carbocycles. The van der Waals surface area contributed by atoms with E-state index in [0.717, 1.165) is 25.7 Å². The van der Waals surface area contributed by atoms with Gasteiger partial charge in [-0.25, -0.2) is 0 Å². The van der Waals surface area contributed by atoms with Gasteiger partial charge in [0, 0.05) is 18.5 Å². The van der Waals surface area contributed by atoms with Crippen molar-refractivity contribution < 1.29 is 14.1 Å². The number of nitrogens with one attached hydrogen (secondary N) is 1. The van der Waals surface area contributed by atoms with Crippen LogP contribution in [0.4, 0.5) is 0 Å². The largest absolute Gasteiger partial charge is 0.485 e. The molecule has 142 valence electrons. The van der Waals surface area contributed by atoms with Crippen LogP contribution in [0.1, 0.15) is 54.7 Å². The molecule has 8 heteroatoms. The molecule has 1 aliphatic rings. The molecule has 3 rings (SSSR count). The fraction of sp³-hybridized carbons (Fsp3) is 0.500. The van der Waals surface area contributed by atoms with Crippen LogP contribution in [0.25, 0.3) is 0 Å². The molecule has 1 heterocycles. The molecule has 0 atom stereocenters. The molecule has 7 nitrogen and oxygen atoms in total. The van der Waals surface area contributed by atoms with Crippen LogP contribution in [0.3, 0.4) is 0 Å². The van der Waals surface area contributed by atoms with Crippen molar-refractivity contribution in [1.82, 2.24) is 15.5 Å². The molecule has 0 aliphatic heterocycles. The van der Waals surface area contributed by atoms with Crippen LogP contribution >= 0.6 is 12.4 Å². The van der Waals surface area contributed by atoms with Crippen molar-refractivity contribution in [2.75, 3.05) is 6.54 Å². The van der Waals surface area contributed by atoms with E-state index in [9.17, 15) is 4.79 Å². The van der Waals surface area contributed by atoms with Gasteiger partial charge < -0.3 is 20.3 Å². The van der Waals surface area contributed by atoms with Gasteiger partial charge in [0.1, 0.15) is 5.75 Å². The molecule has 1 amide bonds. The highest BCUT2D eigenvalue weighted by Gasteiger charge is 2.34. The smallest absolute Gasteiger partial charge is 0.251 e. The van der Waals surface area contributed by atoms with E-state index in [0.29, 0.717) is 36.0 Å². The molecule has 0 spiro atoms. The normalized spacial score (nSPS) is 15.3. The molecule has 26 heavy (non-hydrogen) atoms. The maximum Gasteiger partial charge on any atom is 0.251 e. The Bertz CT molecular complexity index is 711. The van der Waals surface area contributed by atoms with Crippen LogP contribution < -0.4 is 15.8 Å². The van der Waals surface area contributed by atoms with Gasteiger partial charge >= 0.3 is 0 Å². The van der Waals surface area contributed by atoms with E-state index in [2.05, 4.69) is 15.5 Å². The Balaban J connectivity index is 0.00000243. The number of benzene rings is 1. The highest BCUT2D eigenvalue weighted by Crippen LogP contribution is 2.29. The molecule has 2 aromatic rings. The number of amides is 1. The zero-order valence-electron chi connectivity index (χ0n) is 14.9. The van der Waals surface area contributed by atoms with Crippen molar-refractivity contribution in [3.8, 4) is 5.75 Å². The summed E-state index contributed by atoms with van der Waals surface area (Å²) in [6.45, 7) is 2.65. The lowest BCUT2D eigenvalue weighted by Gasteiger charge is -2.28. The van der Waals surface area contributed by atoms with Gasteiger partial charge in [0.25, 0.3) is 5.91 Å². The van der Waals surface area contributed by atoms with E-state index < -0.39 is 0 Å². The molecule has 0 bridgehead atoms. The molecule has 1 aromatic carbocycles. The summed E-state index contributed by atoms with van der Waals surface area (Å²) >= 11 is 0. The maximum atomic E-state index is 12.5. The third kappa shape index (κ3) is 4.74. The van der Waals surface area contributed by atoms with E-state index in [1.54, 1.807) is 24.3 Å². The summed E-state index contributed by atoms with van der Waals surface area (Å²) < 4.78 is 10.7. The second kappa shape index (κ2) is 9.00. The SMILES string of the molecule is CCc1nc(COc2ccc(C(=O)NC3(CN)CCCC3)cc2)no1.Cl. The fourth-order valence-corrected chi connectivity index (χ4v) is 3.09. The van der Waals surface area contributed by atoms with Gasteiger partial charge in [-0.1, -0.05) is 24.9 Å². The highest BCUT2D eigenvalue weighted by atomic mass is 35.5. The van der Waals surface area contributed by atoms with Gasteiger partial charge in [-0.15, -0.1) is 12.4 Å². The third-order valence-electron chi connectivity index (χ3n) is 4.63. The van der Waals surface area contributed by atoms with Gasteiger partial charge in [-0.05, 0) is 37.1 Å². The Hall–Kier alpha value is -2.12. The molecular formula is C18H25ClN4O3. The number of aromatic nitrogens is 2. The number of hydrogen-bond donors (Lipinski definition) is 2. The molecule has 0 unspecified atom stereocenters. The number of hydrogen-bond acceptors (Lipinski definition) is 6. The van der Waals surface area contributed by atoms with Crippen molar-refractivity contribution in [2.45, 2.75) is 51.2 Å². The number of rotatable bonds is 7. The highest BCUT2D eigenvalue weighted by molar-refractivity contribution is 5.94. The second-order valence-electron chi connectivity index (χ2n) is 6.42. The summed E-state index contributed by atoms with van der Waals surface area (Å²) in [4.78, 5) is 16.6. The lowest BCUT2D eigenvalue weighted by Crippen LogP contribution is -2.51. The first-order valence-corrected chi connectivity index (χ1v) is 8.71.